The minimum absolute atomic E-state index is 0.103. The first-order chi connectivity index (χ1) is 9.90. The van der Waals surface area contributed by atoms with Gasteiger partial charge in [0.1, 0.15) is 5.56 Å². The number of fused-ring (bicyclic) bond motifs is 1. The summed E-state index contributed by atoms with van der Waals surface area (Å²) >= 11 is 0. The Labute approximate surface area is 117 Å². The van der Waals surface area contributed by atoms with Gasteiger partial charge in [-0.2, -0.15) is 4.74 Å². The number of rotatable bonds is 1. The lowest BCUT2D eigenvalue weighted by Crippen LogP contribution is -2.17. The van der Waals surface area contributed by atoms with Crippen LogP contribution in [0.1, 0.15) is 21.5 Å². The SMILES string of the molecule is Cc1ccc2c(c1)C(=O)C(c1cc(F)c(F)c(F)c1)=[N+]2[O-]. The lowest BCUT2D eigenvalue weighted by molar-refractivity contribution is -0.355. The van der Waals surface area contributed by atoms with Crippen LogP contribution in [0.3, 0.4) is 0 Å². The van der Waals surface area contributed by atoms with Crippen LogP contribution in [0.15, 0.2) is 30.3 Å². The third-order valence-electron chi connectivity index (χ3n) is 3.29. The van der Waals surface area contributed by atoms with E-state index in [1.54, 1.807) is 13.0 Å². The second kappa shape index (κ2) is 4.44. The molecule has 0 unspecified atom stereocenters. The molecule has 0 radical (unpaired) electrons. The lowest BCUT2D eigenvalue weighted by atomic mass is 10.0. The predicted octanol–water partition coefficient (Wildman–Crippen LogP) is 3.24. The molecule has 1 heterocycles. The second-order valence-electron chi connectivity index (χ2n) is 4.75. The van der Waals surface area contributed by atoms with Gasteiger partial charge in [0.25, 0.3) is 11.5 Å². The van der Waals surface area contributed by atoms with Crippen LogP contribution in [0.25, 0.3) is 0 Å². The van der Waals surface area contributed by atoms with Crippen LogP contribution in [0.5, 0.6) is 0 Å². The number of carbonyl (C=O) groups is 1. The van der Waals surface area contributed by atoms with Crippen LogP contribution >= 0.6 is 0 Å². The topological polar surface area (TPSA) is 43.1 Å². The molecule has 2 aromatic rings. The number of halogens is 3. The predicted molar refractivity (Wildman–Crippen MR) is 69.2 cm³/mol. The highest BCUT2D eigenvalue weighted by Gasteiger charge is 2.37. The second-order valence-corrected chi connectivity index (χ2v) is 4.75. The largest absolute Gasteiger partial charge is 0.618 e. The van der Waals surface area contributed by atoms with Crippen molar-refractivity contribution < 1.29 is 22.7 Å². The number of benzene rings is 2. The summed E-state index contributed by atoms with van der Waals surface area (Å²) in [5, 5.41) is 12.1. The van der Waals surface area contributed by atoms with Gasteiger partial charge in [-0.3, -0.25) is 4.79 Å². The molecule has 0 spiro atoms. The number of Topliss-reactive ketones (excluding diaryl/α,β-unsaturated/α-hetero) is 1. The van der Waals surface area contributed by atoms with E-state index >= 15 is 0 Å². The molecular formula is C15H8F3NO2. The van der Waals surface area contributed by atoms with E-state index < -0.39 is 28.9 Å². The highest BCUT2D eigenvalue weighted by atomic mass is 19.2. The molecule has 0 aliphatic carbocycles. The molecule has 0 bridgehead atoms. The van der Waals surface area contributed by atoms with E-state index in [0.717, 1.165) is 5.56 Å². The summed E-state index contributed by atoms with van der Waals surface area (Å²) in [6.45, 7) is 1.75. The highest BCUT2D eigenvalue weighted by Crippen LogP contribution is 2.29. The fraction of sp³-hybridized carbons (Fsp3) is 0.0667. The maximum absolute atomic E-state index is 13.3. The molecule has 1 aliphatic rings. The van der Waals surface area contributed by atoms with Crippen molar-refractivity contribution in [3.05, 3.63) is 69.7 Å². The van der Waals surface area contributed by atoms with Gasteiger partial charge >= 0.3 is 0 Å². The maximum Gasteiger partial charge on any atom is 0.273 e. The Hall–Kier alpha value is -2.63. The average Bonchev–Trinajstić information content (AvgIpc) is 2.67. The standard InChI is InChI=1S/C15H8F3NO2/c1-7-2-3-12-9(4-7)15(20)14(19(12)21)8-5-10(16)13(18)11(17)6-8/h2-6H,1H3. The average molecular weight is 291 g/mol. The molecule has 0 fully saturated rings. The maximum atomic E-state index is 13.3. The van der Waals surface area contributed by atoms with Crippen LogP contribution in [0.4, 0.5) is 18.9 Å². The molecular weight excluding hydrogens is 283 g/mol. The zero-order valence-electron chi connectivity index (χ0n) is 10.8. The first kappa shape index (κ1) is 13.4. The third kappa shape index (κ3) is 1.91. The van der Waals surface area contributed by atoms with Gasteiger partial charge in [-0.1, -0.05) is 6.07 Å². The number of aryl methyl sites for hydroxylation is 1. The van der Waals surface area contributed by atoms with Gasteiger partial charge in [0.2, 0.25) is 5.69 Å². The molecule has 1 aliphatic heterocycles. The molecule has 0 aromatic heterocycles. The molecule has 3 nitrogen and oxygen atoms in total. The minimum atomic E-state index is -1.64. The first-order valence-corrected chi connectivity index (χ1v) is 6.04. The zero-order valence-corrected chi connectivity index (χ0v) is 10.8. The van der Waals surface area contributed by atoms with Gasteiger partial charge in [0.05, 0.1) is 5.56 Å². The van der Waals surface area contributed by atoms with E-state index in [0.29, 0.717) is 16.9 Å². The van der Waals surface area contributed by atoms with Crippen LogP contribution in [-0.2, 0) is 0 Å². The van der Waals surface area contributed by atoms with Crippen molar-refractivity contribution in [3.8, 4) is 0 Å². The van der Waals surface area contributed by atoms with Crippen molar-refractivity contribution >= 4 is 17.2 Å². The van der Waals surface area contributed by atoms with Crippen molar-refractivity contribution in [1.82, 2.24) is 0 Å². The Morgan fingerprint density at radius 1 is 1.05 bits per heavy atom. The Balaban J connectivity index is 2.21. The molecule has 2 aromatic carbocycles. The van der Waals surface area contributed by atoms with E-state index in [-0.39, 0.29) is 16.8 Å². The van der Waals surface area contributed by atoms with Crippen LogP contribution in [0.2, 0.25) is 0 Å². The number of nitrogens with zero attached hydrogens (tertiary/aromatic N) is 1. The van der Waals surface area contributed by atoms with E-state index in [1.165, 1.54) is 12.1 Å². The molecule has 6 heteroatoms. The van der Waals surface area contributed by atoms with Crippen molar-refractivity contribution in [2.75, 3.05) is 0 Å². The van der Waals surface area contributed by atoms with Crippen molar-refractivity contribution in [3.63, 3.8) is 0 Å². The number of hydrogen-bond acceptors (Lipinski definition) is 2. The molecule has 0 N–H and O–H groups in total. The molecule has 21 heavy (non-hydrogen) atoms. The Morgan fingerprint density at radius 2 is 1.67 bits per heavy atom. The van der Waals surface area contributed by atoms with Gasteiger partial charge in [0, 0.05) is 6.07 Å². The number of ketones is 1. The molecule has 0 atom stereocenters. The van der Waals surface area contributed by atoms with E-state index in [4.69, 9.17) is 0 Å². The van der Waals surface area contributed by atoms with Crippen LogP contribution in [-0.4, -0.2) is 16.2 Å². The zero-order chi connectivity index (χ0) is 15.3. The smallest absolute Gasteiger partial charge is 0.273 e. The Kier molecular flexibility index (Phi) is 2.83. The van der Waals surface area contributed by atoms with Gasteiger partial charge in [-0.05, 0) is 30.7 Å². The molecule has 0 saturated carbocycles. The number of carbonyl (C=O) groups excluding carboxylic acids is 1. The monoisotopic (exact) mass is 291 g/mol. The molecule has 0 saturated heterocycles. The summed E-state index contributed by atoms with van der Waals surface area (Å²) in [4.78, 5) is 12.2. The normalized spacial score (nSPS) is 13.8. The first-order valence-electron chi connectivity index (χ1n) is 6.04. The van der Waals surface area contributed by atoms with Crippen LogP contribution in [0, 0.1) is 29.6 Å². The van der Waals surface area contributed by atoms with E-state index in [2.05, 4.69) is 0 Å². The van der Waals surface area contributed by atoms with Crippen molar-refractivity contribution in [1.29, 1.82) is 0 Å². The molecule has 3 rings (SSSR count). The van der Waals surface area contributed by atoms with Gasteiger partial charge in [0.15, 0.2) is 17.5 Å². The summed E-state index contributed by atoms with van der Waals surface area (Å²) in [6, 6.07) is 5.89. The third-order valence-corrected chi connectivity index (χ3v) is 3.29. The van der Waals surface area contributed by atoms with Crippen molar-refractivity contribution in [2.24, 2.45) is 0 Å². The van der Waals surface area contributed by atoms with Gasteiger partial charge in [-0.25, -0.2) is 13.2 Å². The van der Waals surface area contributed by atoms with Crippen LogP contribution < -0.4 is 0 Å². The minimum Gasteiger partial charge on any atom is -0.618 e. The fourth-order valence-electron chi connectivity index (χ4n) is 2.29. The summed E-state index contributed by atoms with van der Waals surface area (Å²) < 4.78 is 39.8. The molecule has 106 valence electrons. The van der Waals surface area contributed by atoms with E-state index in [1.807, 2.05) is 0 Å². The summed E-state index contributed by atoms with van der Waals surface area (Å²) in [5.41, 5.74) is 0.317. The van der Waals surface area contributed by atoms with Gasteiger partial charge < -0.3 is 5.21 Å². The lowest BCUT2D eigenvalue weighted by Gasteiger charge is -2.03. The number of hydrogen-bond donors (Lipinski definition) is 0. The molecule has 0 amide bonds. The summed E-state index contributed by atoms with van der Waals surface area (Å²) in [7, 11) is 0. The Morgan fingerprint density at radius 3 is 2.29 bits per heavy atom. The quantitative estimate of drug-likeness (QED) is 0.460. The van der Waals surface area contributed by atoms with Gasteiger partial charge in [-0.15, -0.1) is 0 Å². The van der Waals surface area contributed by atoms with E-state index in [9.17, 15) is 23.2 Å². The fourth-order valence-corrected chi connectivity index (χ4v) is 2.29. The Bertz CT molecular complexity index is 805. The highest BCUT2D eigenvalue weighted by molar-refractivity contribution is 6.52. The summed E-state index contributed by atoms with van der Waals surface area (Å²) in [6.07, 6.45) is 0. The summed E-state index contributed by atoms with van der Waals surface area (Å²) in [5.74, 6) is -5.19. The van der Waals surface area contributed by atoms with Crippen molar-refractivity contribution in [2.45, 2.75) is 6.92 Å².